The minimum atomic E-state index is -4.64. The van der Waals surface area contributed by atoms with Gasteiger partial charge in [0.2, 0.25) is 0 Å². The van der Waals surface area contributed by atoms with Crippen LogP contribution < -0.4 is 0 Å². The SMILES string of the molecule is C=CC(=O)OC(C)[CH2][Na].O=P(O)(O)O. The normalized spacial score (nSPS) is 12.1. The van der Waals surface area contributed by atoms with E-state index in [1.165, 1.54) is 6.08 Å². The van der Waals surface area contributed by atoms with Gasteiger partial charge in [-0.1, -0.05) is 0 Å². The predicted molar refractivity (Wildman–Crippen MR) is 50.6 cm³/mol. The smallest absolute Gasteiger partial charge is 0.303 e. The van der Waals surface area contributed by atoms with Crippen LogP contribution in [0.25, 0.3) is 0 Å². The zero-order valence-electron chi connectivity index (χ0n) is 8.08. The Labute approximate surface area is 99.6 Å². The quantitative estimate of drug-likeness (QED) is 0.269. The van der Waals surface area contributed by atoms with Gasteiger partial charge in [0.1, 0.15) is 0 Å². The zero-order chi connectivity index (χ0) is 11.8. The molecule has 0 spiro atoms. The molecule has 0 aliphatic heterocycles. The van der Waals surface area contributed by atoms with Crippen LogP contribution in [0.4, 0.5) is 0 Å². The van der Waals surface area contributed by atoms with Gasteiger partial charge in [-0.15, -0.1) is 0 Å². The standard InChI is InChI=1S/C6H9O2.Na.H3O4P/c1-4-6(7)8-5(2)3;;1-5(2,3)4/h4-5H,1-2H2,3H3;;(H3,1,2,3,4). The number of rotatable bonds is 3. The number of phosphoric acid groups is 1. The number of hydrogen-bond donors (Lipinski definition) is 3. The van der Waals surface area contributed by atoms with Gasteiger partial charge in [-0.05, 0) is 0 Å². The Balaban J connectivity index is 0. The van der Waals surface area contributed by atoms with Crippen LogP contribution in [-0.2, 0) is 14.1 Å². The molecule has 8 heteroatoms. The molecular weight excluding hydrogens is 222 g/mol. The maximum Gasteiger partial charge on any atom is 0.466 e. The third kappa shape index (κ3) is 22.8. The molecule has 0 aromatic heterocycles. The summed E-state index contributed by atoms with van der Waals surface area (Å²) in [6.07, 6.45) is 1.26. The second-order valence-corrected chi connectivity index (χ2v) is 4.22. The van der Waals surface area contributed by atoms with E-state index in [1.54, 1.807) is 0 Å². The van der Waals surface area contributed by atoms with E-state index in [9.17, 15) is 4.79 Å². The Morgan fingerprint density at radius 3 is 2.21 bits per heavy atom. The van der Waals surface area contributed by atoms with Crippen molar-refractivity contribution in [3.8, 4) is 0 Å². The summed E-state index contributed by atoms with van der Waals surface area (Å²) in [5, 5.41) is 0. The van der Waals surface area contributed by atoms with Gasteiger partial charge in [-0.2, -0.15) is 0 Å². The molecule has 0 rings (SSSR count). The second-order valence-electron chi connectivity index (χ2n) is 2.37. The first-order chi connectivity index (χ1) is 6.20. The molecule has 0 saturated carbocycles. The minimum absolute atomic E-state index is 0.0715. The van der Waals surface area contributed by atoms with Crippen molar-refractivity contribution in [2.75, 3.05) is 0 Å². The molecule has 0 heterocycles. The van der Waals surface area contributed by atoms with E-state index in [0.29, 0.717) is 0 Å². The maximum atomic E-state index is 10.5. The first-order valence-electron chi connectivity index (χ1n) is 3.82. The molecule has 1 atom stereocenters. The van der Waals surface area contributed by atoms with Gasteiger partial charge in [0.15, 0.2) is 0 Å². The zero-order valence-corrected chi connectivity index (χ0v) is 11.0. The van der Waals surface area contributed by atoms with Crippen LogP contribution in [0, 0.1) is 0 Å². The van der Waals surface area contributed by atoms with Crippen molar-refractivity contribution in [3.05, 3.63) is 12.7 Å². The van der Waals surface area contributed by atoms with Crippen LogP contribution >= 0.6 is 7.82 Å². The Kier molecular flexibility index (Phi) is 10.3. The molecule has 14 heavy (non-hydrogen) atoms. The molecule has 0 fully saturated rings. The van der Waals surface area contributed by atoms with Crippen LogP contribution in [0.3, 0.4) is 0 Å². The third-order valence-corrected chi connectivity index (χ3v) is 2.21. The van der Waals surface area contributed by atoms with Gasteiger partial charge in [0.05, 0.1) is 0 Å². The van der Waals surface area contributed by atoms with E-state index in [-0.39, 0.29) is 12.1 Å². The number of hydrogen-bond acceptors (Lipinski definition) is 3. The predicted octanol–water partition coefficient (Wildman–Crippen LogP) is -0.238. The largest absolute Gasteiger partial charge is 0.466 e. The molecule has 3 N–H and O–H groups in total. The molecule has 0 radical (unpaired) electrons. The van der Waals surface area contributed by atoms with Crippen molar-refractivity contribution in [3.63, 3.8) is 0 Å². The van der Waals surface area contributed by atoms with Gasteiger partial charge in [0.25, 0.3) is 0 Å². The second kappa shape index (κ2) is 8.61. The summed E-state index contributed by atoms with van der Waals surface area (Å²) in [5.74, 6) is -0.321. The molecule has 0 bridgehead atoms. The van der Waals surface area contributed by atoms with Crippen molar-refractivity contribution in [2.45, 2.75) is 16.7 Å². The van der Waals surface area contributed by atoms with E-state index in [1.807, 2.05) is 6.92 Å². The van der Waals surface area contributed by atoms with E-state index in [2.05, 4.69) is 6.58 Å². The van der Waals surface area contributed by atoms with Crippen molar-refractivity contribution < 1.29 is 28.8 Å². The first-order valence-corrected chi connectivity index (χ1v) is 6.80. The van der Waals surface area contributed by atoms with E-state index < -0.39 is 7.82 Å². The fourth-order valence-corrected chi connectivity index (χ4v) is 0.496. The molecule has 0 aliphatic rings. The molecule has 78 valence electrons. The van der Waals surface area contributed by atoms with Crippen LogP contribution in [0.1, 0.15) is 6.92 Å². The summed E-state index contributed by atoms with van der Waals surface area (Å²) in [6.45, 7) is 5.17. The molecular formula is C6H12NaO6P. The molecule has 0 aromatic rings. The van der Waals surface area contributed by atoms with E-state index in [0.717, 1.165) is 31.6 Å². The number of ether oxygens (including phenoxy) is 1. The number of esters is 1. The van der Waals surface area contributed by atoms with Crippen LogP contribution in [0.2, 0.25) is 3.67 Å². The van der Waals surface area contributed by atoms with Gasteiger partial charge >= 0.3 is 80.6 Å². The Hall–Kier alpha value is 0.320. The summed E-state index contributed by atoms with van der Waals surface area (Å²) in [6, 6.07) is 0. The number of carbonyl (C=O) groups is 1. The van der Waals surface area contributed by atoms with Crippen molar-refractivity contribution in [1.82, 2.24) is 0 Å². The molecule has 6 nitrogen and oxygen atoms in total. The average Bonchev–Trinajstić information content (AvgIpc) is 2.01. The molecule has 1 unspecified atom stereocenters. The third-order valence-electron chi connectivity index (χ3n) is 1.06. The average molecular weight is 234 g/mol. The van der Waals surface area contributed by atoms with Gasteiger partial charge < -0.3 is 14.7 Å². The Morgan fingerprint density at radius 2 is 2.00 bits per heavy atom. The van der Waals surface area contributed by atoms with Gasteiger partial charge in [-0.25, -0.2) is 4.57 Å². The minimum Gasteiger partial charge on any atom is -0.303 e. The van der Waals surface area contributed by atoms with E-state index >= 15 is 0 Å². The summed E-state index contributed by atoms with van der Waals surface area (Å²) >= 11 is 1.07. The topological polar surface area (TPSA) is 104 Å². The monoisotopic (exact) mass is 234 g/mol. The molecule has 0 amide bonds. The van der Waals surface area contributed by atoms with Crippen molar-refractivity contribution in [2.24, 2.45) is 0 Å². The Morgan fingerprint density at radius 1 is 1.64 bits per heavy atom. The van der Waals surface area contributed by atoms with Crippen LogP contribution in [0.15, 0.2) is 12.7 Å². The number of carbonyl (C=O) groups excluding carboxylic acids is 1. The van der Waals surface area contributed by atoms with Crippen molar-refractivity contribution in [1.29, 1.82) is 0 Å². The molecule has 0 aliphatic carbocycles. The van der Waals surface area contributed by atoms with Gasteiger partial charge in [-0.3, -0.25) is 0 Å². The summed E-state index contributed by atoms with van der Waals surface area (Å²) < 4.78 is 14.7. The fraction of sp³-hybridized carbons (Fsp3) is 0.500. The Bertz CT molecular complexity index is 216. The molecule has 0 saturated heterocycles. The maximum absolute atomic E-state index is 10.5. The summed E-state index contributed by atoms with van der Waals surface area (Å²) in [5.41, 5.74) is 0. The van der Waals surface area contributed by atoms with Crippen LogP contribution in [0.5, 0.6) is 0 Å². The van der Waals surface area contributed by atoms with E-state index in [4.69, 9.17) is 24.0 Å². The summed E-state index contributed by atoms with van der Waals surface area (Å²) in [4.78, 5) is 32.0. The summed E-state index contributed by atoms with van der Waals surface area (Å²) in [7, 11) is -4.64. The first kappa shape index (κ1) is 16.7. The van der Waals surface area contributed by atoms with Crippen molar-refractivity contribution >= 4 is 41.7 Å². The van der Waals surface area contributed by atoms with Crippen LogP contribution in [-0.4, -0.2) is 54.7 Å². The van der Waals surface area contributed by atoms with Gasteiger partial charge in [0, 0.05) is 0 Å². The fourth-order valence-electron chi connectivity index (χ4n) is 0.330. The molecule has 0 aromatic carbocycles.